The summed E-state index contributed by atoms with van der Waals surface area (Å²) in [5.74, 6) is 1.45. The summed E-state index contributed by atoms with van der Waals surface area (Å²) in [6.07, 6.45) is 3.40. The van der Waals surface area contributed by atoms with E-state index in [-0.39, 0.29) is 12.6 Å². The van der Waals surface area contributed by atoms with Crippen LogP contribution in [0.3, 0.4) is 0 Å². The summed E-state index contributed by atoms with van der Waals surface area (Å²) >= 11 is 0. The molecule has 0 radical (unpaired) electrons. The van der Waals surface area contributed by atoms with Crippen LogP contribution in [-0.2, 0) is 6.42 Å². The molecule has 0 bridgehead atoms. The predicted octanol–water partition coefficient (Wildman–Crippen LogP) is 3.51. The van der Waals surface area contributed by atoms with E-state index < -0.39 is 0 Å². The van der Waals surface area contributed by atoms with Crippen molar-refractivity contribution in [2.45, 2.75) is 38.5 Å². The Kier molecular flexibility index (Phi) is 4.97. The topological polar surface area (TPSA) is 60.0 Å². The van der Waals surface area contributed by atoms with Gasteiger partial charge in [-0.25, -0.2) is 0 Å². The second-order valence-corrected chi connectivity index (χ2v) is 6.82. The van der Waals surface area contributed by atoms with Crippen LogP contribution in [0.2, 0.25) is 0 Å². The molecule has 3 aromatic rings. The second kappa shape index (κ2) is 7.53. The van der Waals surface area contributed by atoms with Crippen LogP contribution in [0.15, 0.2) is 28.8 Å². The minimum Gasteiger partial charge on any atom is -0.337 e. The van der Waals surface area contributed by atoms with Crippen molar-refractivity contribution >= 4 is 10.9 Å². The zero-order valence-electron chi connectivity index (χ0n) is 15.1. The quantitative estimate of drug-likeness (QED) is 0.676. The molecule has 3 heterocycles. The fourth-order valence-electron chi connectivity index (χ4n) is 3.71. The summed E-state index contributed by atoms with van der Waals surface area (Å²) in [4.78, 5) is 6.94. The fraction of sp³-hybridized carbons (Fsp3) is 0.526. The van der Waals surface area contributed by atoms with Gasteiger partial charge in [-0.1, -0.05) is 25.1 Å². The zero-order chi connectivity index (χ0) is 17.9. The van der Waals surface area contributed by atoms with Crippen LogP contribution in [0, 0.1) is 0 Å². The van der Waals surface area contributed by atoms with Crippen LogP contribution in [0.5, 0.6) is 0 Å². The van der Waals surface area contributed by atoms with Crippen molar-refractivity contribution in [2.75, 3.05) is 26.3 Å². The minimum atomic E-state index is -0.246. The second-order valence-electron chi connectivity index (χ2n) is 6.82. The first-order chi connectivity index (χ1) is 12.8. The Hall–Kier alpha value is -2.28. The number of rotatable bonds is 6. The molecule has 0 aliphatic carbocycles. The highest BCUT2D eigenvalue weighted by Crippen LogP contribution is 2.28. The highest BCUT2D eigenvalue weighted by molar-refractivity contribution is 5.83. The summed E-state index contributed by atoms with van der Waals surface area (Å²) in [6, 6.07) is 8.12. The molecule has 4 rings (SSSR count). The number of fused-ring (bicyclic) bond motifs is 1. The van der Waals surface area contributed by atoms with Gasteiger partial charge in [0.2, 0.25) is 5.89 Å². The predicted molar refractivity (Wildman–Crippen MR) is 97.3 cm³/mol. The zero-order valence-corrected chi connectivity index (χ0v) is 15.1. The van der Waals surface area contributed by atoms with Gasteiger partial charge < -0.3 is 9.42 Å². The lowest BCUT2D eigenvalue weighted by atomic mass is 9.97. The molecule has 1 aliphatic heterocycles. The highest BCUT2D eigenvalue weighted by atomic mass is 19.1. The SMILES string of the molecule is CCc1nn(-c2noc(C3CCN(CCCF)CC3)n2)c2ccccc12. The minimum absolute atomic E-state index is 0.246. The molecule has 6 nitrogen and oxygen atoms in total. The standard InChI is InChI=1S/C19H24FN5O/c1-2-16-15-6-3-4-7-17(15)25(22-16)19-21-18(26-23-19)14-8-12-24(13-9-14)11-5-10-20/h3-4,6-7,14H,2,5,8-13H2,1H3. The summed E-state index contributed by atoms with van der Waals surface area (Å²) in [5, 5.41) is 9.98. The smallest absolute Gasteiger partial charge is 0.291 e. The largest absolute Gasteiger partial charge is 0.337 e. The van der Waals surface area contributed by atoms with Crippen LogP contribution in [0.1, 0.15) is 43.7 Å². The molecule has 0 atom stereocenters. The Bertz CT molecular complexity index is 866. The van der Waals surface area contributed by atoms with Gasteiger partial charge in [-0.2, -0.15) is 14.8 Å². The van der Waals surface area contributed by atoms with E-state index in [0.717, 1.165) is 55.5 Å². The summed E-state index contributed by atoms with van der Waals surface area (Å²) < 4.78 is 19.7. The van der Waals surface area contributed by atoms with E-state index in [4.69, 9.17) is 4.52 Å². The number of hydrogen-bond donors (Lipinski definition) is 0. The number of para-hydroxylation sites is 1. The van der Waals surface area contributed by atoms with E-state index in [1.165, 1.54) is 0 Å². The lowest BCUT2D eigenvalue weighted by molar-refractivity contribution is 0.188. The van der Waals surface area contributed by atoms with E-state index >= 15 is 0 Å². The summed E-state index contributed by atoms with van der Waals surface area (Å²) in [7, 11) is 0. The van der Waals surface area contributed by atoms with Crippen LogP contribution in [-0.4, -0.2) is 51.1 Å². The van der Waals surface area contributed by atoms with Gasteiger partial charge in [0.1, 0.15) is 0 Å². The van der Waals surface area contributed by atoms with E-state index in [2.05, 4.69) is 33.1 Å². The number of likely N-dealkylation sites (tertiary alicyclic amines) is 1. The maximum absolute atomic E-state index is 12.3. The average Bonchev–Trinajstić information content (AvgIpc) is 3.31. The van der Waals surface area contributed by atoms with Crippen LogP contribution in [0.4, 0.5) is 4.39 Å². The van der Waals surface area contributed by atoms with Gasteiger partial charge in [-0.15, -0.1) is 0 Å². The number of aryl methyl sites for hydroxylation is 1. The number of nitrogens with zero attached hydrogens (tertiary/aromatic N) is 5. The third kappa shape index (κ3) is 3.23. The van der Waals surface area contributed by atoms with E-state index in [1.807, 2.05) is 18.2 Å². The maximum atomic E-state index is 12.3. The molecule has 1 aliphatic rings. The van der Waals surface area contributed by atoms with Crippen molar-refractivity contribution in [3.8, 4) is 5.95 Å². The third-order valence-electron chi connectivity index (χ3n) is 5.16. The van der Waals surface area contributed by atoms with Crippen LogP contribution in [0.25, 0.3) is 16.9 Å². The van der Waals surface area contributed by atoms with Crippen LogP contribution >= 0.6 is 0 Å². The van der Waals surface area contributed by atoms with E-state index in [0.29, 0.717) is 18.3 Å². The molecule has 2 aromatic heterocycles. The summed E-state index contributed by atoms with van der Waals surface area (Å²) in [5.41, 5.74) is 2.03. The van der Waals surface area contributed by atoms with Crippen molar-refractivity contribution < 1.29 is 8.91 Å². The van der Waals surface area contributed by atoms with Crippen molar-refractivity contribution in [1.29, 1.82) is 0 Å². The molecular weight excluding hydrogens is 333 g/mol. The first-order valence-corrected chi connectivity index (χ1v) is 9.39. The molecule has 26 heavy (non-hydrogen) atoms. The van der Waals surface area contributed by atoms with Gasteiger partial charge in [0, 0.05) is 17.8 Å². The molecule has 1 aromatic carbocycles. The molecule has 0 N–H and O–H groups in total. The van der Waals surface area contributed by atoms with Crippen molar-refractivity contribution in [2.24, 2.45) is 0 Å². The Morgan fingerprint density at radius 1 is 1.23 bits per heavy atom. The van der Waals surface area contributed by atoms with Crippen molar-refractivity contribution in [3.63, 3.8) is 0 Å². The number of benzene rings is 1. The van der Waals surface area contributed by atoms with Gasteiger partial charge in [-0.05, 0) is 50.0 Å². The average molecular weight is 357 g/mol. The van der Waals surface area contributed by atoms with Gasteiger partial charge >= 0.3 is 0 Å². The lowest BCUT2D eigenvalue weighted by Crippen LogP contribution is -2.34. The number of piperidine rings is 1. The Labute approximate surface area is 152 Å². The molecule has 1 saturated heterocycles. The summed E-state index contributed by atoms with van der Waals surface area (Å²) in [6.45, 7) is 4.58. The Balaban J connectivity index is 1.53. The Morgan fingerprint density at radius 3 is 2.81 bits per heavy atom. The van der Waals surface area contributed by atoms with Crippen molar-refractivity contribution in [3.05, 3.63) is 35.9 Å². The van der Waals surface area contributed by atoms with Crippen LogP contribution < -0.4 is 0 Å². The molecule has 0 amide bonds. The first kappa shape index (κ1) is 17.1. The third-order valence-corrected chi connectivity index (χ3v) is 5.16. The molecule has 138 valence electrons. The van der Waals surface area contributed by atoms with Gasteiger partial charge in [0.25, 0.3) is 5.95 Å². The molecule has 0 unspecified atom stereocenters. The van der Waals surface area contributed by atoms with Gasteiger partial charge in [0.15, 0.2) is 0 Å². The number of alkyl halides is 1. The first-order valence-electron chi connectivity index (χ1n) is 9.39. The molecule has 1 fully saturated rings. The Morgan fingerprint density at radius 2 is 2.04 bits per heavy atom. The van der Waals surface area contributed by atoms with Crippen molar-refractivity contribution in [1.82, 2.24) is 24.8 Å². The molecule has 0 spiro atoms. The fourth-order valence-corrected chi connectivity index (χ4v) is 3.71. The number of halogens is 1. The molecule has 7 heteroatoms. The monoisotopic (exact) mass is 357 g/mol. The van der Waals surface area contributed by atoms with E-state index in [9.17, 15) is 4.39 Å². The number of hydrogen-bond acceptors (Lipinski definition) is 5. The molecule has 0 saturated carbocycles. The normalized spacial score (nSPS) is 16.5. The highest BCUT2D eigenvalue weighted by Gasteiger charge is 2.26. The molecular formula is C19H24FN5O. The van der Waals surface area contributed by atoms with E-state index in [1.54, 1.807) is 4.68 Å². The van der Waals surface area contributed by atoms with Gasteiger partial charge in [-0.3, -0.25) is 4.39 Å². The lowest BCUT2D eigenvalue weighted by Gasteiger charge is -2.29. The maximum Gasteiger partial charge on any atom is 0.291 e. The number of aromatic nitrogens is 4. The van der Waals surface area contributed by atoms with Gasteiger partial charge in [0.05, 0.1) is 17.9 Å².